The third-order valence-electron chi connectivity index (χ3n) is 3.08. The highest BCUT2D eigenvalue weighted by molar-refractivity contribution is 9.11. The molecule has 0 bridgehead atoms. The van der Waals surface area contributed by atoms with Gasteiger partial charge in [0.1, 0.15) is 0 Å². The lowest BCUT2D eigenvalue weighted by molar-refractivity contribution is 0.0950. The predicted molar refractivity (Wildman–Crippen MR) is 93.8 cm³/mol. The largest absolute Gasteiger partial charge is 0.378 e. The smallest absolute Gasteiger partial charge is 0.252 e. The van der Waals surface area contributed by atoms with Crippen LogP contribution in [-0.4, -0.2) is 20.0 Å². The van der Waals surface area contributed by atoms with Crippen LogP contribution in [0.25, 0.3) is 0 Å². The monoisotopic (exact) mass is 410 g/mol. The number of nitrogens with zero attached hydrogens (tertiary/aromatic N) is 1. The van der Waals surface area contributed by atoms with Crippen molar-refractivity contribution in [1.29, 1.82) is 0 Å². The fraction of sp³-hybridized carbons (Fsp3) is 0.188. The van der Waals surface area contributed by atoms with Crippen LogP contribution in [0.5, 0.6) is 0 Å². The Morgan fingerprint density at radius 3 is 2.38 bits per heavy atom. The van der Waals surface area contributed by atoms with Gasteiger partial charge in [0.25, 0.3) is 5.91 Å². The van der Waals surface area contributed by atoms with E-state index in [1.807, 2.05) is 55.4 Å². The fourth-order valence-electron chi connectivity index (χ4n) is 1.86. The number of anilines is 1. The molecular weight excluding hydrogens is 396 g/mol. The number of hydrogen-bond donors (Lipinski definition) is 1. The first-order valence-corrected chi connectivity index (χ1v) is 8.05. The van der Waals surface area contributed by atoms with E-state index in [-0.39, 0.29) is 5.91 Å². The molecule has 0 aliphatic rings. The van der Waals surface area contributed by atoms with Crippen LogP contribution in [0.1, 0.15) is 15.9 Å². The lowest BCUT2D eigenvalue weighted by Gasteiger charge is -2.13. The zero-order valence-electron chi connectivity index (χ0n) is 11.9. The molecule has 1 amide bonds. The predicted octanol–water partition coefficient (Wildman–Crippen LogP) is 4.21. The number of amides is 1. The second kappa shape index (κ2) is 7.09. The summed E-state index contributed by atoms with van der Waals surface area (Å²) in [6, 6.07) is 13.7. The molecule has 0 heterocycles. The average Bonchev–Trinajstić information content (AvgIpc) is 2.47. The van der Waals surface area contributed by atoms with Gasteiger partial charge in [0, 0.05) is 35.3 Å². The van der Waals surface area contributed by atoms with Gasteiger partial charge >= 0.3 is 0 Å². The van der Waals surface area contributed by atoms with Crippen LogP contribution >= 0.6 is 31.9 Å². The Kier molecular flexibility index (Phi) is 5.42. The quantitative estimate of drug-likeness (QED) is 0.817. The highest BCUT2D eigenvalue weighted by atomic mass is 79.9. The van der Waals surface area contributed by atoms with Crippen LogP contribution in [0.2, 0.25) is 0 Å². The Hall–Kier alpha value is -1.33. The first kappa shape index (κ1) is 16.0. The lowest BCUT2D eigenvalue weighted by atomic mass is 10.2. The van der Waals surface area contributed by atoms with Gasteiger partial charge in [-0.05, 0) is 51.8 Å². The van der Waals surface area contributed by atoms with Crippen molar-refractivity contribution in [1.82, 2.24) is 5.32 Å². The van der Waals surface area contributed by atoms with Gasteiger partial charge in [-0.1, -0.05) is 28.1 Å². The first-order valence-electron chi connectivity index (χ1n) is 6.47. The van der Waals surface area contributed by atoms with Crippen LogP contribution in [-0.2, 0) is 6.54 Å². The minimum atomic E-state index is -0.0974. The Labute approximate surface area is 141 Å². The van der Waals surface area contributed by atoms with Crippen molar-refractivity contribution in [2.45, 2.75) is 6.54 Å². The highest BCUT2D eigenvalue weighted by Crippen LogP contribution is 2.21. The van der Waals surface area contributed by atoms with Crippen molar-refractivity contribution in [3.05, 3.63) is 62.5 Å². The van der Waals surface area contributed by atoms with Gasteiger partial charge in [0.15, 0.2) is 0 Å². The van der Waals surface area contributed by atoms with E-state index in [0.717, 1.165) is 20.2 Å². The molecule has 0 spiro atoms. The molecule has 0 aliphatic carbocycles. The Morgan fingerprint density at radius 1 is 1.10 bits per heavy atom. The van der Waals surface area contributed by atoms with Gasteiger partial charge in [-0.15, -0.1) is 0 Å². The summed E-state index contributed by atoms with van der Waals surface area (Å²) in [5, 5.41) is 2.93. The third-order valence-corrected chi connectivity index (χ3v) is 4.26. The average molecular weight is 412 g/mol. The molecule has 2 rings (SSSR count). The Bertz CT molecular complexity index is 639. The van der Waals surface area contributed by atoms with Crippen LogP contribution in [0.15, 0.2) is 51.4 Å². The van der Waals surface area contributed by atoms with Gasteiger partial charge in [0.05, 0.1) is 5.56 Å². The highest BCUT2D eigenvalue weighted by Gasteiger charge is 2.10. The van der Waals surface area contributed by atoms with Crippen molar-refractivity contribution in [2.75, 3.05) is 19.0 Å². The topological polar surface area (TPSA) is 32.3 Å². The maximum absolute atomic E-state index is 12.2. The summed E-state index contributed by atoms with van der Waals surface area (Å²) >= 11 is 6.77. The van der Waals surface area contributed by atoms with Crippen LogP contribution < -0.4 is 10.2 Å². The molecule has 0 fully saturated rings. The molecular formula is C16H16Br2N2O. The van der Waals surface area contributed by atoms with Crippen LogP contribution in [0.4, 0.5) is 5.69 Å². The first-order chi connectivity index (χ1) is 9.97. The zero-order valence-corrected chi connectivity index (χ0v) is 15.0. The molecule has 2 aromatic rings. The van der Waals surface area contributed by atoms with Gasteiger partial charge in [-0.3, -0.25) is 4.79 Å². The van der Waals surface area contributed by atoms with Crippen molar-refractivity contribution in [3.63, 3.8) is 0 Å². The molecule has 110 valence electrons. The molecule has 0 radical (unpaired) electrons. The number of nitrogens with one attached hydrogen (secondary N) is 1. The molecule has 2 aromatic carbocycles. The van der Waals surface area contributed by atoms with E-state index in [1.165, 1.54) is 0 Å². The number of benzene rings is 2. The number of halogens is 2. The Balaban J connectivity index is 2.02. The van der Waals surface area contributed by atoms with Crippen molar-refractivity contribution in [2.24, 2.45) is 0 Å². The normalized spacial score (nSPS) is 10.3. The Morgan fingerprint density at radius 2 is 1.76 bits per heavy atom. The van der Waals surface area contributed by atoms with E-state index in [2.05, 4.69) is 37.2 Å². The molecule has 1 N–H and O–H groups in total. The molecule has 21 heavy (non-hydrogen) atoms. The van der Waals surface area contributed by atoms with Crippen molar-refractivity contribution >= 4 is 43.5 Å². The van der Waals surface area contributed by atoms with E-state index >= 15 is 0 Å². The molecule has 0 aliphatic heterocycles. The van der Waals surface area contributed by atoms with Gasteiger partial charge in [-0.25, -0.2) is 0 Å². The van der Waals surface area contributed by atoms with Crippen molar-refractivity contribution in [3.8, 4) is 0 Å². The number of carbonyl (C=O) groups is 1. The second-order valence-corrected chi connectivity index (χ2v) is 6.64. The number of hydrogen-bond acceptors (Lipinski definition) is 2. The lowest BCUT2D eigenvalue weighted by Crippen LogP contribution is -2.23. The zero-order chi connectivity index (χ0) is 15.4. The molecule has 0 aromatic heterocycles. The van der Waals surface area contributed by atoms with E-state index in [0.29, 0.717) is 12.1 Å². The molecule has 5 heteroatoms. The summed E-state index contributed by atoms with van der Waals surface area (Å²) in [7, 11) is 4.00. The molecule has 0 saturated heterocycles. The summed E-state index contributed by atoms with van der Waals surface area (Å²) in [4.78, 5) is 14.2. The summed E-state index contributed by atoms with van der Waals surface area (Å²) in [6.07, 6.45) is 0. The summed E-state index contributed by atoms with van der Waals surface area (Å²) in [6.45, 7) is 0.505. The van der Waals surface area contributed by atoms with E-state index in [9.17, 15) is 4.79 Å². The van der Waals surface area contributed by atoms with Crippen LogP contribution in [0.3, 0.4) is 0 Å². The van der Waals surface area contributed by atoms with E-state index < -0.39 is 0 Å². The fourth-order valence-corrected chi connectivity index (χ4v) is 2.65. The van der Waals surface area contributed by atoms with Gasteiger partial charge in [0.2, 0.25) is 0 Å². The standard InChI is InChI=1S/C16H16Br2N2O/c1-20(2)13-6-3-11(4-7-13)10-19-16(21)14-9-12(17)5-8-15(14)18/h3-9H,10H2,1-2H3,(H,19,21). The molecule has 0 saturated carbocycles. The number of rotatable bonds is 4. The SMILES string of the molecule is CN(C)c1ccc(CNC(=O)c2cc(Br)ccc2Br)cc1. The maximum atomic E-state index is 12.2. The molecule has 3 nitrogen and oxygen atoms in total. The van der Waals surface area contributed by atoms with Crippen LogP contribution in [0, 0.1) is 0 Å². The third kappa shape index (κ3) is 4.32. The van der Waals surface area contributed by atoms with Crippen molar-refractivity contribution < 1.29 is 4.79 Å². The van der Waals surface area contributed by atoms with E-state index in [4.69, 9.17) is 0 Å². The van der Waals surface area contributed by atoms with Gasteiger partial charge < -0.3 is 10.2 Å². The summed E-state index contributed by atoms with van der Waals surface area (Å²) < 4.78 is 1.66. The molecule has 0 unspecified atom stereocenters. The van der Waals surface area contributed by atoms with E-state index in [1.54, 1.807) is 6.07 Å². The summed E-state index contributed by atoms with van der Waals surface area (Å²) in [5.41, 5.74) is 2.83. The minimum Gasteiger partial charge on any atom is -0.378 e. The molecule has 0 atom stereocenters. The second-order valence-electron chi connectivity index (χ2n) is 4.87. The summed E-state index contributed by atoms with van der Waals surface area (Å²) in [5.74, 6) is -0.0974. The maximum Gasteiger partial charge on any atom is 0.252 e. The van der Waals surface area contributed by atoms with Gasteiger partial charge in [-0.2, -0.15) is 0 Å². The minimum absolute atomic E-state index is 0.0974. The number of carbonyl (C=O) groups excluding carboxylic acids is 1.